The molecule has 0 saturated heterocycles. The molecule has 0 aromatic heterocycles. The Morgan fingerprint density at radius 2 is 0.667 bits per heavy atom. The average Bonchev–Trinajstić information content (AvgIpc) is 0.722. The van der Waals surface area contributed by atoms with Crippen molar-refractivity contribution in [2.45, 2.75) is 27.7 Å². The maximum atomic E-state index is 2.19. The van der Waals surface area contributed by atoms with Gasteiger partial charge in [0, 0.05) is 0 Å². The van der Waals surface area contributed by atoms with Gasteiger partial charge >= 0.3 is 0 Å². The minimum Gasteiger partial charge on any atom is -0.344 e. The van der Waals surface area contributed by atoms with E-state index >= 15 is 0 Å². The van der Waals surface area contributed by atoms with Gasteiger partial charge in [-0.25, -0.2) is 0 Å². The molecule has 2 nitrogen and oxygen atoms in total. The zero-order valence-corrected chi connectivity index (χ0v) is 8.36. The smallest absolute Gasteiger partial charge is 0.0411 e. The van der Waals surface area contributed by atoms with Gasteiger partial charge in [-0.2, -0.15) is 0 Å². The van der Waals surface area contributed by atoms with Crippen LogP contribution in [0.5, 0.6) is 0 Å². The predicted octanol–water partition coefficient (Wildman–Crippen LogP) is 3.22. The van der Waals surface area contributed by atoms with Crippen LogP contribution in [0, 0.1) is 5.41 Å². The molecule has 0 unspecified atom stereocenters. The van der Waals surface area contributed by atoms with Crippen LogP contribution in [-0.4, -0.2) is 0 Å². The molecule has 0 fully saturated rings. The number of hydrogen-bond acceptors (Lipinski definition) is 2. The first-order chi connectivity index (χ1) is 2.00. The molecule has 0 aromatic carbocycles. The Morgan fingerprint density at radius 3 is 0.667 bits per heavy atom. The molecule has 0 aromatic rings. The van der Waals surface area contributed by atoms with Crippen molar-refractivity contribution in [2.75, 3.05) is 0 Å². The van der Waals surface area contributed by atoms with E-state index in [4.69, 9.17) is 0 Å². The molecule has 0 saturated carbocycles. The van der Waals surface area contributed by atoms with Crippen LogP contribution < -0.4 is 12.3 Å². The first kappa shape index (κ1) is 33.9. The van der Waals surface area contributed by atoms with E-state index in [2.05, 4.69) is 27.7 Å². The summed E-state index contributed by atoms with van der Waals surface area (Å²) in [6, 6.07) is 0. The minimum atomic E-state index is 0. The van der Waals surface area contributed by atoms with E-state index in [0.29, 0.717) is 5.41 Å². The van der Waals surface area contributed by atoms with E-state index in [0.717, 1.165) is 0 Å². The molecule has 64 valence electrons. The SMILES string of the molecule is CC(C)(C)C.Cl.Cl.N.N. The zero-order chi connectivity index (χ0) is 4.50. The summed E-state index contributed by atoms with van der Waals surface area (Å²) in [5.41, 5.74) is 0.500. The molecule has 0 heterocycles. The summed E-state index contributed by atoms with van der Waals surface area (Å²) < 4.78 is 0. The highest BCUT2D eigenvalue weighted by molar-refractivity contribution is 5.85. The third-order valence-corrected chi connectivity index (χ3v) is 0. The second-order valence-corrected chi connectivity index (χ2v) is 3.00. The molecular weight excluding hydrogens is 159 g/mol. The van der Waals surface area contributed by atoms with Gasteiger partial charge < -0.3 is 12.3 Å². The first-order valence-electron chi connectivity index (χ1n) is 2.00. The van der Waals surface area contributed by atoms with Crippen LogP contribution in [-0.2, 0) is 0 Å². The predicted molar refractivity (Wildman–Crippen MR) is 49.7 cm³/mol. The second-order valence-electron chi connectivity index (χ2n) is 3.00. The maximum Gasteiger partial charge on any atom is -0.0411 e. The van der Waals surface area contributed by atoms with Crippen molar-refractivity contribution in [2.24, 2.45) is 5.41 Å². The number of halogens is 2. The molecule has 9 heavy (non-hydrogen) atoms. The Bertz CT molecular complexity index is 28.4. The Hall–Kier alpha value is 0.500. The third-order valence-electron chi connectivity index (χ3n) is 0. The number of rotatable bonds is 0. The van der Waals surface area contributed by atoms with Gasteiger partial charge in [0.25, 0.3) is 0 Å². The van der Waals surface area contributed by atoms with E-state index in [1.54, 1.807) is 0 Å². The molecule has 0 amide bonds. The quantitative estimate of drug-likeness (QED) is 0.599. The first-order valence-corrected chi connectivity index (χ1v) is 2.00. The summed E-state index contributed by atoms with van der Waals surface area (Å²) >= 11 is 0. The monoisotopic (exact) mass is 178 g/mol. The molecule has 0 atom stereocenters. The summed E-state index contributed by atoms with van der Waals surface area (Å²) in [5.74, 6) is 0. The van der Waals surface area contributed by atoms with E-state index in [1.165, 1.54) is 0 Å². The van der Waals surface area contributed by atoms with Crippen LogP contribution in [0.15, 0.2) is 0 Å². The Labute approximate surface area is 70.8 Å². The van der Waals surface area contributed by atoms with Gasteiger partial charge in [-0.1, -0.05) is 27.7 Å². The average molecular weight is 179 g/mol. The Morgan fingerprint density at radius 1 is 0.667 bits per heavy atom. The van der Waals surface area contributed by atoms with Gasteiger partial charge in [-0.05, 0) is 5.41 Å². The van der Waals surface area contributed by atoms with E-state index < -0.39 is 0 Å². The van der Waals surface area contributed by atoms with Crippen molar-refractivity contribution >= 4 is 24.8 Å². The molecule has 0 aliphatic heterocycles. The summed E-state index contributed by atoms with van der Waals surface area (Å²) in [5, 5.41) is 0. The van der Waals surface area contributed by atoms with E-state index in [9.17, 15) is 0 Å². The van der Waals surface area contributed by atoms with Gasteiger partial charge in [0.1, 0.15) is 0 Å². The van der Waals surface area contributed by atoms with Crippen molar-refractivity contribution in [3.05, 3.63) is 0 Å². The topological polar surface area (TPSA) is 70.0 Å². The standard InChI is InChI=1S/C5H12.2ClH.2H3N/c1-5(2,3)4;;;;/h1-4H3;2*1H;2*1H3. The largest absolute Gasteiger partial charge is 0.344 e. The van der Waals surface area contributed by atoms with Crippen molar-refractivity contribution in [3.8, 4) is 0 Å². The van der Waals surface area contributed by atoms with Gasteiger partial charge in [-0.15, -0.1) is 24.8 Å². The fourth-order valence-electron chi connectivity index (χ4n) is 0. The van der Waals surface area contributed by atoms with Crippen molar-refractivity contribution in [3.63, 3.8) is 0 Å². The van der Waals surface area contributed by atoms with Crippen molar-refractivity contribution < 1.29 is 0 Å². The van der Waals surface area contributed by atoms with Crippen molar-refractivity contribution in [1.29, 1.82) is 0 Å². The lowest BCUT2D eigenvalue weighted by Gasteiger charge is -2.05. The van der Waals surface area contributed by atoms with Crippen LogP contribution >= 0.6 is 24.8 Å². The normalized spacial score (nSPS) is 6.67. The third kappa shape index (κ3) is 1440. The highest BCUT2D eigenvalue weighted by atomic mass is 35.5. The molecular formula is C5H20Cl2N2. The highest BCUT2D eigenvalue weighted by Crippen LogP contribution is 2.07. The van der Waals surface area contributed by atoms with Gasteiger partial charge in [0.05, 0.1) is 0 Å². The second kappa shape index (κ2) is 11.3. The van der Waals surface area contributed by atoms with E-state index in [-0.39, 0.29) is 37.1 Å². The Kier molecular flexibility index (Phi) is 42.6. The molecule has 4 heteroatoms. The summed E-state index contributed by atoms with van der Waals surface area (Å²) in [4.78, 5) is 0. The summed E-state index contributed by atoms with van der Waals surface area (Å²) in [7, 11) is 0. The summed E-state index contributed by atoms with van der Waals surface area (Å²) in [6.45, 7) is 8.75. The molecule has 0 radical (unpaired) electrons. The van der Waals surface area contributed by atoms with Crippen LogP contribution in [0.25, 0.3) is 0 Å². The van der Waals surface area contributed by atoms with Crippen LogP contribution in [0.3, 0.4) is 0 Å². The van der Waals surface area contributed by atoms with Crippen LogP contribution in [0.2, 0.25) is 0 Å². The lowest BCUT2D eigenvalue weighted by Crippen LogP contribution is -1.93. The van der Waals surface area contributed by atoms with Crippen LogP contribution in [0.1, 0.15) is 27.7 Å². The van der Waals surface area contributed by atoms with Crippen LogP contribution in [0.4, 0.5) is 0 Å². The molecule has 0 aliphatic rings. The van der Waals surface area contributed by atoms with E-state index in [1.807, 2.05) is 0 Å². The van der Waals surface area contributed by atoms with Gasteiger partial charge in [0.15, 0.2) is 0 Å². The fraction of sp³-hybridized carbons (Fsp3) is 1.00. The zero-order valence-electron chi connectivity index (χ0n) is 6.73. The van der Waals surface area contributed by atoms with Gasteiger partial charge in [0.2, 0.25) is 0 Å². The lowest BCUT2D eigenvalue weighted by atomic mass is 10.0. The minimum absolute atomic E-state index is 0. The highest BCUT2D eigenvalue weighted by Gasteiger charge is 1.95. The Balaban J connectivity index is -0.0000000133. The molecule has 0 spiro atoms. The molecule has 0 rings (SSSR count). The lowest BCUT2D eigenvalue weighted by molar-refractivity contribution is 0.469. The summed E-state index contributed by atoms with van der Waals surface area (Å²) in [6.07, 6.45) is 0. The molecule has 0 aliphatic carbocycles. The van der Waals surface area contributed by atoms with Gasteiger partial charge in [-0.3, -0.25) is 0 Å². The maximum absolute atomic E-state index is 2.19. The molecule has 6 N–H and O–H groups in total. The van der Waals surface area contributed by atoms with Crippen molar-refractivity contribution in [1.82, 2.24) is 12.3 Å². The molecule has 0 bridgehead atoms. The number of hydrogen-bond donors (Lipinski definition) is 2. The fourth-order valence-corrected chi connectivity index (χ4v) is 0.